The molecule has 1 atom stereocenters. The Hall–Kier alpha value is -2.73. The summed E-state index contributed by atoms with van der Waals surface area (Å²) in [5.41, 5.74) is 1.57. The van der Waals surface area contributed by atoms with Gasteiger partial charge in [0.25, 0.3) is 5.91 Å². The summed E-state index contributed by atoms with van der Waals surface area (Å²) < 4.78 is 16.1. The lowest BCUT2D eigenvalue weighted by Gasteiger charge is -2.25. The minimum absolute atomic E-state index is 0.00755. The molecule has 3 rings (SSSR count). The van der Waals surface area contributed by atoms with Gasteiger partial charge in [-0.25, -0.2) is 0 Å². The lowest BCUT2D eigenvalue weighted by atomic mass is 10.0. The molecule has 1 aliphatic heterocycles. The molecule has 2 aromatic rings. The van der Waals surface area contributed by atoms with Crippen LogP contribution in [-0.2, 0) is 0 Å². The third-order valence-corrected chi connectivity index (χ3v) is 4.21. The minimum Gasteiger partial charge on any atom is -0.496 e. The Kier molecular flexibility index (Phi) is 5.09. The van der Waals surface area contributed by atoms with Gasteiger partial charge in [-0.3, -0.25) is 4.79 Å². The Labute approximate surface area is 147 Å². The van der Waals surface area contributed by atoms with Crippen LogP contribution >= 0.6 is 0 Å². The van der Waals surface area contributed by atoms with Gasteiger partial charge in [0.05, 0.1) is 18.7 Å². The van der Waals surface area contributed by atoms with Crippen molar-refractivity contribution >= 4 is 5.91 Å². The molecule has 0 fully saturated rings. The van der Waals surface area contributed by atoms with Crippen LogP contribution in [0.5, 0.6) is 17.2 Å². The number of ether oxygens (including phenoxy) is 3. The van der Waals surface area contributed by atoms with E-state index >= 15 is 0 Å². The zero-order valence-corrected chi connectivity index (χ0v) is 14.6. The number of rotatable bonds is 6. The molecule has 6 nitrogen and oxygen atoms in total. The molecule has 0 spiro atoms. The van der Waals surface area contributed by atoms with Gasteiger partial charge in [-0.15, -0.1) is 0 Å². The molecule has 1 N–H and O–H groups in total. The first-order valence-corrected chi connectivity index (χ1v) is 8.07. The fourth-order valence-electron chi connectivity index (χ4n) is 2.84. The number of hydrogen-bond donors (Lipinski definition) is 1. The van der Waals surface area contributed by atoms with Gasteiger partial charge < -0.3 is 24.4 Å². The Balaban J connectivity index is 1.73. The number of likely N-dealkylation sites (N-methyl/N-ethyl adjacent to an activating group) is 1. The van der Waals surface area contributed by atoms with Crippen molar-refractivity contribution < 1.29 is 19.0 Å². The first-order valence-electron chi connectivity index (χ1n) is 8.07. The van der Waals surface area contributed by atoms with Crippen molar-refractivity contribution in [2.45, 2.75) is 6.04 Å². The molecule has 6 heteroatoms. The number of hydrogen-bond acceptors (Lipinski definition) is 5. The van der Waals surface area contributed by atoms with Crippen LogP contribution in [0.1, 0.15) is 22.0 Å². The summed E-state index contributed by atoms with van der Waals surface area (Å²) >= 11 is 0. The second-order valence-corrected chi connectivity index (χ2v) is 6.00. The molecule has 2 aromatic carbocycles. The number of amides is 1. The number of nitrogens with zero attached hydrogens (tertiary/aromatic N) is 1. The van der Waals surface area contributed by atoms with Gasteiger partial charge in [0.15, 0.2) is 11.5 Å². The summed E-state index contributed by atoms with van der Waals surface area (Å²) in [4.78, 5) is 14.6. The van der Waals surface area contributed by atoms with Crippen LogP contribution < -0.4 is 19.5 Å². The Morgan fingerprint density at radius 3 is 2.72 bits per heavy atom. The lowest BCUT2D eigenvalue weighted by Crippen LogP contribution is -2.34. The Morgan fingerprint density at radius 2 is 1.96 bits per heavy atom. The molecule has 1 amide bonds. The van der Waals surface area contributed by atoms with Crippen molar-refractivity contribution in [1.29, 1.82) is 0 Å². The van der Waals surface area contributed by atoms with Crippen LogP contribution in [-0.4, -0.2) is 45.3 Å². The Bertz CT molecular complexity index is 761. The topological polar surface area (TPSA) is 60.0 Å². The lowest BCUT2D eigenvalue weighted by molar-refractivity contribution is 0.0939. The van der Waals surface area contributed by atoms with E-state index in [2.05, 4.69) is 10.2 Å². The van der Waals surface area contributed by atoms with Gasteiger partial charge in [0, 0.05) is 6.54 Å². The SMILES string of the molecule is COc1ccccc1C(=O)NCC(c1ccc2c(c1)OCO2)N(C)C. The summed E-state index contributed by atoms with van der Waals surface area (Å²) in [5.74, 6) is 1.88. The third kappa shape index (κ3) is 3.69. The quantitative estimate of drug-likeness (QED) is 0.874. The van der Waals surface area contributed by atoms with E-state index < -0.39 is 0 Å². The minimum atomic E-state index is -0.162. The summed E-state index contributed by atoms with van der Waals surface area (Å²) in [7, 11) is 5.51. The van der Waals surface area contributed by atoms with Gasteiger partial charge in [-0.1, -0.05) is 18.2 Å². The van der Waals surface area contributed by atoms with Crippen molar-refractivity contribution in [2.75, 3.05) is 34.5 Å². The monoisotopic (exact) mass is 342 g/mol. The van der Waals surface area contributed by atoms with Crippen molar-refractivity contribution in [2.24, 2.45) is 0 Å². The fourth-order valence-corrected chi connectivity index (χ4v) is 2.84. The molecule has 0 saturated heterocycles. The number of benzene rings is 2. The average molecular weight is 342 g/mol. The first kappa shape index (κ1) is 17.1. The molecule has 1 unspecified atom stereocenters. The van der Waals surface area contributed by atoms with E-state index in [0.29, 0.717) is 17.9 Å². The van der Waals surface area contributed by atoms with Gasteiger partial charge in [-0.05, 0) is 43.9 Å². The largest absolute Gasteiger partial charge is 0.496 e. The zero-order chi connectivity index (χ0) is 17.8. The summed E-state index contributed by atoms with van der Waals surface area (Å²) in [5, 5.41) is 2.99. The molecule has 0 radical (unpaired) electrons. The van der Waals surface area contributed by atoms with Gasteiger partial charge in [0.2, 0.25) is 6.79 Å². The average Bonchev–Trinajstić information content (AvgIpc) is 3.09. The van der Waals surface area contributed by atoms with Crippen molar-refractivity contribution in [1.82, 2.24) is 10.2 Å². The number of methoxy groups -OCH3 is 1. The van der Waals surface area contributed by atoms with Crippen LogP contribution in [0.15, 0.2) is 42.5 Å². The van der Waals surface area contributed by atoms with E-state index in [4.69, 9.17) is 14.2 Å². The molecule has 1 aliphatic rings. The molecule has 0 aromatic heterocycles. The molecule has 132 valence electrons. The van der Waals surface area contributed by atoms with Crippen molar-refractivity contribution in [3.05, 3.63) is 53.6 Å². The van der Waals surface area contributed by atoms with Crippen LogP contribution in [0.3, 0.4) is 0 Å². The highest BCUT2D eigenvalue weighted by Gasteiger charge is 2.21. The molecule has 1 heterocycles. The summed E-state index contributed by atoms with van der Waals surface area (Å²) in [6.07, 6.45) is 0. The predicted octanol–water partition coefficient (Wildman–Crippen LogP) is 2.46. The van der Waals surface area contributed by atoms with E-state index in [1.54, 1.807) is 19.2 Å². The van der Waals surface area contributed by atoms with E-state index in [0.717, 1.165) is 17.1 Å². The third-order valence-electron chi connectivity index (χ3n) is 4.21. The molecule has 0 saturated carbocycles. The highest BCUT2D eigenvalue weighted by Crippen LogP contribution is 2.35. The smallest absolute Gasteiger partial charge is 0.255 e. The standard InChI is InChI=1S/C19H22N2O4/c1-21(2)15(13-8-9-17-18(10-13)25-12-24-17)11-20-19(22)14-6-4-5-7-16(14)23-3/h4-10,15H,11-12H2,1-3H3,(H,20,22). The van der Waals surface area contributed by atoms with E-state index in [1.807, 2.05) is 44.4 Å². The van der Waals surface area contributed by atoms with Gasteiger partial charge >= 0.3 is 0 Å². The number of para-hydroxylation sites is 1. The van der Waals surface area contributed by atoms with Crippen LogP contribution in [0, 0.1) is 0 Å². The number of carbonyl (C=O) groups is 1. The number of fused-ring (bicyclic) bond motifs is 1. The fraction of sp³-hybridized carbons (Fsp3) is 0.316. The van der Waals surface area contributed by atoms with Crippen molar-refractivity contribution in [3.8, 4) is 17.2 Å². The Morgan fingerprint density at radius 1 is 1.20 bits per heavy atom. The van der Waals surface area contributed by atoms with Crippen molar-refractivity contribution in [3.63, 3.8) is 0 Å². The maximum absolute atomic E-state index is 12.5. The van der Waals surface area contributed by atoms with Crippen LogP contribution in [0.2, 0.25) is 0 Å². The van der Waals surface area contributed by atoms with E-state index in [1.165, 1.54) is 0 Å². The van der Waals surface area contributed by atoms with Crippen LogP contribution in [0.4, 0.5) is 0 Å². The number of nitrogens with one attached hydrogen (secondary N) is 1. The highest BCUT2D eigenvalue weighted by molar-refractivity contribution is 5.96. The maximum Gasteiger partial charge on any atom is 0.255 e. The molecule has 25 heavy (non-hydrogen) atoms. The molecule has 0 aliphatic carbocycles. The predicted molar refractivity (Wildman–Crippen MR) is 94.3 cm³/mol. The first-order chi connectivity index (χ1) is 12.1. The van der Waals surface area contributed by atoms with Crippen LogP contribution in [0.25, 0.3) is 0 Å². The zero-order valence-electron chi connectivity index (χ0n) is 14.6. The molecule has 0 bridgehead atoms. The highest BCUT2D eigenvalue weighted by atomic mass is 16.7. The summed E-state index contributed by atoms with van der Waals surface area (Å²) in [6.45, 7) is 0.708. The second-order valence-electron chi connectivity index (χ2n) is 6.00. The maximum atomic E-state index is 12.5. The van der Waals surface area contributed by atoms with Gasteiger partial charge in [-0.2, -0.15) is 0 Å². The summed E-state index contributed by atoms with van der Waals surface area (Å²) in [6, 6.07) is 13.0. The van der Waals surface area contributed by atoms with E-state index in [9.17, 15) is 4.79 Å². The molecular formula is C19H22N2O4. The second kappa shape index (κ2) is 7.44. The van der Waals surface area contributed by atoms with E-state index in [-0.39, 0.29) is 18.7 Å². The van der Waals surface area contributed by atoms with Gasteiger partial charge in [0.1, 0.15) is 5.75 Å². The molecular weight excluding hydrogens is 320 g/mol. The normalized spacial score (nSPS) is 13.6. The number of carbonyl (C=O) groups excluding carboxylic acids is 1.